The Morgan fingerprint density at radius 1 is 1.44 bits per heavy atom. The van der Waals surface area contributed by atoms with Gasteiger partial charge in [0.15, 0.2) is 0 Å². The quantitative estimate of drug-likeness (QED) is 0.635. The lowest BCUT2D eigenvalue weighted by Crippen LogP contribution is -2.29. The number of nitrogens with two attached hydrogens (primary N) is 1. The van der Waals surface area contributed by atoms with E-state index in [0.29, 0.717) is 0 Å². The molecule has 0 saturated heterocycles. The van der Waals surface area contributed by atoms with Gasteiger partial charge in [-0.2, -0.15) is 0 Å². The Morgan fingerprint density at radius 3 is 2.75 bits per heavy atom. The van der Waals surface area contributed by atoms with Crippen LogP contribution >= 0.6 is 22.9 Å². The Hall–Kier alpha value is -0.0900. The van der Waals surface area contributed by atoms with E-state index in [1.54, 1.807) is 11.3 Å². The fraction of sp³-hybridized carbons (Fsp3) is 0.667. The van der Waals surface area contributed by atoms with E-state index in [0.717, 1.165) is 17.4 Å². The zero-order valence-corrected chi connectivity index (χ0v) is 11.0. The number of hydrogen-bond acceptors (Lipinski definition) is 3. The van der Waals surface area contributed by atoms with Crippen molar-refractivity contribution in [1.29, 1.82) is 0 Å². The van der Waals surface area contributed by atoms with Crippen LogP contribution in [0, 0.1) is 5.92 Å². The highest BCUT2D eigenvalue weighted by Crippen LogP contribution is 2.36. The molecule has 1 fully saturated rings. The fourth-order valence-electron chi connectivity index (χ4n) is 2.56. The van der Waals surface area contributed by atoms with Gasteiger partial charge >= 0.3 is 0 Å². The third-order valence-corrected chi connectivity index (χ3v) is 4.93. The molecule has 90 valence electrons. The minimum atomic E-state index is 0.232. The van der Waals surface area contributed by atoms with Gasteiger partial charge in [-0.3, -0.25) is 11.3 Å². The van der Waals surface area contributed by atoms with Crippen molar-refractivity contribution in [2.24, 2.45) is 11.8 Å². The van der Waals surface area contributed by atoms with Crippen LogP contribution in [0.4, 0.5) is 0 Å². The minimum Gasteiger partial charge on any atom is -0.271 e. The molecule has 1 aliphatic carbocycles. The van der Waals surface area contributed by atoms with E-state index in [-0.39, 0.29) is 6.04 Å². The van der Waals surface area contributed by atoms with Gasteiger partial charge in [0.2, 0.25) is 0 Å². The van der Waals surface area contributed by atoms with Crippen molar-refractivity contribution >= 4 is 22.9 Å². The Bertz CT molecular complexity index is 321. The average Bonchev–Trinajstić information content (AvgIpc) is 2.74. The van der Waals surface area contributed by atoms with Gasteiger partial charge in [-0.1, -0.05) is 43.7 Å². The second kappa shape index (κ2) is 6.01. The number of hydrazine groups is 1. The second-order valence-electron chi connectivity index (χ2n) is 4.59. The van der Waals surface area contributed by atoms with E-state index in [1.165, 1.54) is 37.0 Å². The molecular weight excluding hydrogens is 240 g/mol. The van der Waals surface area contributed by atoms with Crippen LogP contribution < -0.4 is 11.3 Å². The van der Waals surface area contributed by atoms with E-state index in [2.05, 4.69) is 5.43 Å². The van der Waals surface area contributed by atoms with Gasteiger partial charge in [-0.15, -0.1) is 11.3 Å². The van der Waals surface area contributed by atoms with E-state index in [9.17, 15) is 0 Å². The lowest BCUT2D eigenvalue weighted by Gasteiger charge is -2.25. The Morgan fingerprint density at radius 2 is 2.19 bits per heavy atom. The van der Waals surface area contributed by atoms with Crippen molar-refractivity contribution in [3.63, 3.8) is 0 Å². The lowest BCUT2D eigenvalue weighted by molar-refractivity contribution is 0.303. The molecule has 1 aliphatic rings. The van der Waals surface area contributed by atoms with Crippen LogP contribution in [0.15, 0.2) is 11.4 Å². The molecule has 1 unspecified atom stereocenters. The third-order valence-electron chi connectivity index (χ3n) is 3.46. The molecule has 1 heterocycles. The van der Waals surface area contributed by atoms with Crippen molar-refractivity contribution in [2.75, 3.05) is 0 Å². The highest BCUT2D eigenvalue weighted by Gasteiger charge is 2.21. The van der Waals surface area contributed by atoms with Crippen LogP contribution in [0.3, 0.4) is 0 Å². The Balaban J connectivity index is 1.97. The summed E-state index contributed by atoms with van der Waals surface area (Å²) in [5, 5.41) is 2.88. The largest absolute Gasteiger partial charge is 0.271 e. The Kier molecular flexibility index (Phi) is 4.65. The summed E-state index contributed by atoms with van der Waals surface area (Å²) in [7, 11) is 0. The van der Waals surface area contributed by atoms with E-state index >= 15 is 0 Å². The fourth-order valence-corrected chi connectivity index (χ4v) is 3.82. The van der Waals surface area contributed by atoms with Crippen molar-refractivity contribution in [2.45, 2.75) is 44.6 Å². The molecule has 0 amide bonds. The zero-order valence-electron chi connectivity index (χ0n) is 9.42. The molecular formula is C12H19ClN2S. The number of rotatable bonds is 4. The molecule has 1 atom stereocenters. The summed E-state index contributed by atoms with van der Waals surface area (Å²) in [6.45, 7) is 0. The summed E-state index contributed by atoms with van der Waals surface area (Å²) in [6.07, 6.45) is 7.97. The number of nitrogens with one attached hydrogen (secondary N) is 1. The van der Waals surface area contributed by atoms with Gasteiger partial charge in [0.1, 0.15) is 0 Å². The van der Waals surface area contributed by atoms with Crippen molar-refractivity contribution in [1.82, 2.24) is 5.43 Å². The number of halogens is 1. The summed E-state index contributed by atoms with van der Waals surface area (Å²) in [5.41, 5.74) is 2.92. The second-order valence-corrected chi connectivity index (χ2v) is 5.95. The normalized spacial score (nSPS) is 19.9. The maximum atomic E-state index is 6.15. The lowest BCUT2D eigenvalue weighted by atomic mass is 9.84. The average molecular weight is 259 g/mol. The maximum absolute atomic E-state index is 6.15. The summed E-state index contributed by atoms with van der Waals surface area (Å²) in [6, 6.07) is 2.18. The highest BCUT2D eigenvalue weighted by molar-refractivity contribution is 7.10. The number of hydrogen-bond donors (Lipinski definition) is 2. The first-order valence-corrected chi connectivity index (χ1v) is 7.26. The molecule has 2 nitrogen and oxygen atoms in total. The molecule has 1 aromatic rings. The molecule has 0 spiro atoms. The van der Waals surface area contributed by atoms with Gasteiger partial charge in [-0.25, -0.2) is 0 Å². The minimum absolute atomic E-state index is 0.232. The molecule has 0 radical (unpaired) electrons. The zero-order chi connectivity index (χ0) is 11.4. The molecule has 1 saturated carbocycles. The van der Waals surface area contributed by atoms with Crippen LogP contribution in [0.5, 0.6) is 0 Å². The number of thiophene rings is 1. The predicted molar refractivity (Wildman–Crippen MR) is 70.6 cm³/mol. The third kappa shape index (κ3) is 2.98. The van der Waals surface area contributed by atoms with Gasteiger partial charge in [-0.05, 0) is 23.8 Å². The van der Waals surface area contributed by atoms with Gasteiger partial charge in [0.05, 0.1) is 11.1 Å². The molecule has 16 heavy (non-hydrogen) atoms. The molecule has 0 bridgehead atoms. The smallest absolute Gasteiger partial charge is 0.0570 e. The molecule has 4 heteroatoms. The summed E-state index contributed by atoms with van der Waals surface area (Å²) >= 11 is 7.84. The molecule has 2 rings (SSSR count). The summed E-state index contributed by atoms with van der Waals surface area (Å²) < 4.78 is 0. The van der Waals surface area contributed by atoms with Gasteiger partial charge < -0.3 is 0 Å². The van der Waals surface area contributed by atoms with E-state index in [4.69, 9.17) is 17.4 Å². The monoisotopic (exact) mass is 258 g/mol. The topological polar surface area (TPSA) is 38.0 Å². The van der Waals surface area contributed by atoms with Crippen LogP contribution in [0.1, 0.15) is 49.4 Å². The first-order valence-electron chi connectivity index (χ1n) is 6.00. The summed E-state index contributed by atoms with van der Waals surface area (Å²) in [4.78, 5) is 1.19. The molecule has 0 aliphatic heterocycles. The highest BCUT2D eigenvalue weighted by atomic mass is 35.5. The van der Waals surface area contributed by atoms with Crippen molar-refractivity contribution in [3.8, 4) is 0 Å². The molecule has 1 aromatic heterocycles. The summed E-state index contributed by atoms with van der Waals surface area (Å²) in [5.74, 6) is 6.46. The SMILES string of the molecule is NNC(CC1CCCCC1)c1sccc1Cl. The van der Waals surface area contributed by atoms with Gasteiger partial charge in [0, 0.05) is 4.88 Å². The first kappa shape index (κ1) is 12.4. The standard InChI is InChI=1S/C12H19ClN2S/c13-10-6-7-16-12(10)11(15-14)8-9-4-2-1-3-5-9/h6-7,9,11,15H,1-5,8,14H2. The Labute approximate surface area is 106 Å². The van der Waals surface area contributed by atoms with Crippen molar-refractivity contribution in [3.05, 3.63) is 21.3 Å². The van der Waals surface area contributed by atoms with E-state index < -0.39 is 0 Å². The van der Waals surface area contributed by atoms with Crippen LogP contribution in [-0.2, 0) is 0 Å². The predicted octanol–water partition coefficient (Wildman–Crippen LogP) is 3.88. The molecule has 3 N–H and O–H groups in total. The first-order chi connectivity index (χ1) is 7.81. The molecule has 0 aromatic carbocycles. The maximum Gasteiger partial charge on any atom is 0.0570 e. The van der Waals surface area contributed by atoms with Crippen LogP contribution in [-0.4, -0.2) is 0 Å². The van der Waals surface area contributed by atoms with Crippen molar-refractivity contribution < 1.29 is 0 Å². The van der Waals surface area contributed by atoms with Gasteiger partial charge in [0.25, 0.3) is 0 Å². The van der Waals surface area contributed by atoms with Crippen LogP contribution in [0.25, 0.3) is 0 Å². The van der Waals surface area contributed by atoms with E-state index in [1.807, 2.05) is 11.4 Å². The van der Waals surface area contributed by atoms with Crippen LogP contribution in [0.2, 0.25) is 5.02 Å².